The van der Waals surface area contributed by atoms with Gasteiger partial charge in [-0.15, -0.1) is 0 Å². The number of carbonyl (C=O) groups is 2. The van der Waals surface area contributed by atoms with Crippen LogP contribution in [0.3, 0.4) is 0 Å². The van der Waals surface area contributed by atoms with Crippen molar-refractivity contribution in [2.75, 3.05) is 7.11 Å². The largest absolute Gasteiger partial charge is 0.497 e. The fourth-order valence-electron chi connectivity index (χ4n) is 4.68. The lowest BCUT2D eigenvalue weighted by Crippen LogP contribution is -2.38. The molecule has 4 rings (SSSR count). The molecular formula is C27H27F2NO4. The molecule has 1 atom stereocenters. The molecule has 1 N–H and O–H groups in total. The average Bonchev–Trinajstić information content (AvgIpc) is 2.78. The van der Waals surface area contributed by atoms with E-state index in [-0.39, 0.29) is 23.4 Å². The molecular weight excluding hydrogens is 440 g/mol. The Hall–Kier alpha value is -3.48. The van der Waals surface area contributed by atoms with E-state index in [2.05, 4.69) is 5.32 Å². The molecule has 2 aromatic rings. The fraction of sp³-hybridized carbons (Fsp3) is 0.333. The van der Waals surface area contributed by atoms with Crippen LogP contribution < -0.4 is 10.1 Å². The van der Waals surface area contributed by atoms with Gasteiger partial charge in [-0.2, -0.15) is 0 Å². The van der Waals surface area contributed by atoms with Gasteiger partial charge < -0.3 is 14.8 Å². The molecule has 34 heavy (non-hydrogen) atoms. The van der Waals surface area contributed by atoms with Crippen LogP contribution in [0.5, 0.6) is 5.75 Å². The fourth-order valence-corrected chi connectivity index (χ4v) is 4.68. The van der Waals surface area contributed by atoms with Crippen molar-refractivity contribution in [3.05, 3.63) is 87.8 Å². The van der Waals surface area contributed by atoms with E-state index in [0.29, 0.717) is 41.1 Å². The highest BCUT2D eigenvalue weighted by atomic mass is 19.2. The summed E-state index contributed by atoms with van der Waals surface area (Å²) in [4.78, 5) is 26.5. The number of halogens is 2. The number of benzene rings is 2. The molecule has 0 aromatic heterocycles. The Labute approximate surface area is 197 Å². The van der Waals surface area contributed by atoms with Crippen LogP contribution in [0.2, 0.25) is 0 Å². The van der Waals surface area contributed by atoms with Gasteiger partial charge in [0.25, 0.3) is 0 Å². The Morgan fingerprint density at radius 3 is 2.44 bits per heavy atom. The van der Waals surface area contributed by atoms with E-state index in [9.17, 15) is 18.4 Å². The third-order valence-corrected chi connectivity index (χ3v) is 6.27. The number of carbonyl (C=O) groups excluding carboxylic acids is 2. The summed E-state index contributed by atoms with van der Waals surface area (Å²) in [5.74, 6) is -2.95. The molecule has 2 aliphatic rings. The number of esters is 1. The van der Waals surface area contributed by atoms with E-state index in [1.165, 1.54) is 6.07 Å². The second-order valence-electron chi connectivity index (χ2n) is 9.53. The topological polar surface area (TPSA) is 64.6 Å². The highest BCUT2D eigenvalue weighted by Gasteiger charge is 2.43. The summed E-state index contributed by atoms with van der Waals surface area (Å²) in [6, 6.07) is 10.6. The standard InChI is InChI=1S/C27H27F2NO4/c1-15-23(26(32)34-14-16-5-8-18(33-4)9-6-16)24(17-7-10-19(28)20(29)11-17)25-21(30-15)12-27(2,3)13-22(25)31/h5-11,24,30H,12-14H2,1-4H3. The lowest BCUT2D eigenvalue weighted by Gasteiger charge is -2.39. The van der Waals surface area contributed by atoms with Gasteiger partial charge in [0.05, 0.1) is 12.7 Å². The zero-order chi connectivity index (χ0) is 24.6. The van der Waals surface area contributed by atoms with Crippen LogP contribution in [0, 0.1) is 17.0 Å². The van der Waals surface area contributed by atoms with Crippen molar-refractivity contribution < 1.29 is 27.8 Å². The monoisotopic (exact) mass is 467 g/mol. The third kappa shape index (κ3) is 4.60. The van der Waals surface area contributed by atoms with Crippen LogP contribution in [-0.2, 0) is 20.9 Å². The number of nitrogens with one attached hydrogen (secondary N) is 1. The molecule has 1 heterocycles. The molecule has 1 aliphatic carbocycles. The van der Waals surface area contributed by atoms with Gasteiger partial charge in [-0.05, 0) is 54.2 Å². The Kier molecular flexibility index (Phi) is 6.30. The molecule has 0 spiro atoms. The molecule has 0 saturated heterocycles. The minimum atomic E-state index is -1.04. The molecule has 0 saturated carbocycles. The van der Waals surface area contributed by atoms with Gasteiger partial charge in [-0.25, -0.2) is 13.6 Å². The van der Waals surface area contributed by atoms with Crippen molar-refractivity contribution >= 4 is 11.8 Å². The SMILES string of the molecule is COc1ccc(COC(=O)C2=C(C)NC3=C(C(=O)CC(C)(C)C3)C2c2ccc(F)c(F)c2)cc1. The number of Topliss-reactive ketones (excluding diaryl/α,β-unsaturated/α-hetero) is 1. The van der Waals surface area contributed by atoms with Crippen molar-refractivity contribution in [2.24, 2.45) is 5.41 Å². The maximum atomic E-state index is 14.2. The molecule has 0 radical (unpaired) electrons. The highest BCUT2D eigenvalue weighted by Crippen LogP contribution is 2.47. The molecule has 2 aromatic carbocycles. The second-order valence-corrected chi connectivity index (χ2v) is 9.53. The van der Waals surface area contributed by atoms with E-state index in [1.54, 1.807) is 38.3 Å². The first-order valence-electron chi connectivity index (χ1n) is 11.1. The number of allylic oxidation sites excluding steroid dienone is 3. The van der Waals surface area contributed by atoms with Crippen LogP contribution in [0.1, 0.15) is 50.7 Å². The quantitative estimate of drug-likeness (QED) is 0.603. The van der Waals surface area contributed by atoms with Crippen LogP contribution in [-0.4, -0.2) is 18.9 Å². The number of dihydropyridines is 1. The van der Waals surface area contributed by atoms with Crippen LogP contribution >= 0.6 is 0 Å². The first-order chi connectivity index (χ1) is 16.1. The van der Waals surface area contributed by atoms with Gasteiger partial charge in [0.1, 0.15) is 12.4 Å². The van der Waals surface area contributed by atoms with Gasteiger partial charge in [0, 0.05) is 29.3 Å². The normalized spacial score (nSPS) is 19.5. The Balaban J connectivity index is 1.71. The van der Waals surface area contributed by atoms with E-state index in [0.717, 1.165) is 17.7 Å². The first-order valence-corrected chi connectivity index (χ1v) is 11.1. The number of hydrogen-bond donors (Lipinski definition) is 1. The van der Waals surface area contributed by atoms with Gasteiger partial charge >= 0.3 is 5.97 Å². The molecule has 0 fully saturated rings. The minimum Gasteiger partial charge on any atom is -0.497 e. The van der Waals surface area contributed by atoms with Crippen molar-refractivity contribution in [1.82, 2.24) is 5.32 Å². The van der Waals surface area contributed by atoms with Gasteiger partial charge in [-0.1, -0.05) is 32.0 Å². The molecule has 7 heteroatoms. The smallest absolute Gasteiger partial charge is 0.337 e. The zero-order valence-electron chi connectivity index (χ0n) is 19.6. The second kappa shape index (κ2) is 9.05. The van der Waals surface area contributed by atoms with Crippen molar-refractivity contribution in [2.45, 2.75) is 46.1 Å². The van der Waals surface area contributed by atoms with Crippen molar-refractivity contribution in [3.63, 3.8) is 0 Å². The van der Waals surface area contributed by atoms with E-state index < -0.39 is 23.5 Å². The summed E-state index contributed by atoms with van der Waals surface area (Å²) in [5, 5.41) is 3.23. The lowest BCUT2D eigenvalue weighted by atomic mass is 9.68. The molecule has 0 amide bonds. The molecule has 1 unspecified atom stereocenters. The van der Waals surface area contributed by atoms with E-state index in [1.807, 2.05) is 13.8 Å². The van der Waals surface area contributed by atoms with Crippen LogP contribution in [0.4, 0.5) is 8.78 Å². The van der Waals surface area contributed by atoms with Crippen LogP contribution in [0.15, 0.2) is 65.0 Å². The zero-order valence-corrected chi connectivity index (χ0v) is 19.6. The Morgan fingerprint density at radius 2 is 1.79 bits per heavy atom. The summed E-state index contributed by atoms with van der Waals surface area (Å²) in [6.45, 7) is 5.74. The van der Waals surface area contributed by atoms with E-state index in [4.69, 9.17) is 9.47 Å². The van der Waals surface area contributed by atoms with Gasteiger partial charge in [-0.3, -0.25) is 4.79 Å². The minimum absolute atomic E-state index is 0.0109. The third-order valence-electron chi connectivity index (χ3n) is 6.27. The summed E-state index contributed by atoms with van der Waals surface area (Å²) in [5.41, 5.74) is 2.69. The number of ether oxygens (including phenoxy) is 2. The predicted octanol–water partition coefficient (Wildman–Crippen LogP) is 5.32. The average molecular weight is 468 g/mol. The van der Waals surface area contributed by atoms with Crippen molar-refractivity contribution in [3.8, 4) is 5.75 Å². The summed E-state index contributed by atoms with van der Waals surface area (Å²) in [7, 11) is 1.56. The molecule has 0 bridgehead atoms. The number of hydrogen-bond acceptors (Lipinski definition) is 5. The predicted molar refractivity (Wildman–Crippen MR) is 123 cm³/mol. The maximum Gasteiger partial charge on any atom is 0.337 e. The molecule has 178 valence electrons. The lowest BCUT2D eigenvalue weighted by molar-refractivity contribution is -0.140. The number of rotatable bonds is 5. The number of ketones is 1. The summed E-state index contributed by atoms with van der Waals surface area (Å²) in [6.07, 6.45) is 0.890. The van der Waals surface area contributed by atoms with E-state index >= 15 is 0 Å². The summed E-state index contributed by atoms with van der Waals surface area (Å²) >= 11 is 0. The first kappa shape index (κ1) is 23.7. The Bertz CT molecular complexity index is 1210. The molecule has 1 aliphatic heterocycles. The maximum absolute atomic E-state index is 14.2. The van der Waals surface area contributed by atoms with Gasteiger partial charge in [0.15, 0.2) is 17.4 Å². The van der Waals surface area contributed by atoms with Crippen molar-refractivity contribution in [1.29, 1.82) is 0 Å². The number of methoxy groups -OCH3 is 1. The molecule has 5 nitrogen and oxygen atoms in total. The summed E-state index contributed by atoms with van der Waals surface area (Å²) < 4.78 is 38.6. The highest BCUT2D eigenvalue weighted by molar-refractivity contribution is 6.04. The van der Waals surface area contributed by atoms with Gasteiger partial charge in [0.2, 0.25) is 0 Å². The van der Waals surface area contributed by atoms with Crippen LogP contribution in [0.25, 0.3) is 0 Å². The Morgan fingerprint density at radius 1 is 1.09 bits per heavy atom.